The summed E-state index contributed by atoms with van der Waals surface area (Å²) < 4.78 is 11.6. The van der Waals surface area contributed by atoms with Crippen LogP contribution in [-0.4, -0.2) is 18.3 Å². The van der Waals surface area contributed by atoms with Gasteiger partial charge >= 0.3 is 0 Å². The lowest BCUT2D eigenvalue weighted by Crippen LogP contribution is -2.22. The molecule has 0 bridgehead atoms. The smallest absolute Gasteiger partial charge is 0.262 e. The van der Waals surface area contributed by atoms with Gasteiger partial charge in [0, 0.05) is 21.8 Å². The van der Waals surface area contributed by atoms with E-state index in [1.807, 2.05) is 6.07 Å². The minimum atomic E-state index is -0.490. The number of amides is 1. The molecule has 6 nitrogen and oxygen atoms in total. The third-order valence-electron chi connectivity index (χ3n) is 4.75. The lowest BCUT2D eigenvalue weighted by molar-refractivity contribution is -0.118. The molecule has 160 valence electrons. The van der Waals surface area contributed by atoms with E-state index in [1.165, 1.54) is 13.0 Å². The highest BCUT2D eigenvalue weighted by Crippen LogP contribution is 2.31. The molecule has 0 fully saturated rings. The Labute approximate surface area is 188 Å². The normalized spacial score (nSPS) is 10.7. The van der Waals surface area contributed by atoms with Crippen LogP contribution < -0.4 is 15.5 Å². The fourth-order valence-electron chi connectivity index (χ4n) is 3.21. The van der Waals surface area contributed by atoms with Crippen LogP contribution in [0.1, 0.15) is 17.3 Å². The SMILES string of the molecule is CC(=O)c1cccc(NC(=O)COc2c(-c3ccccc3)oc3ccc(Cl)cc3c2=O)c1. The monoisotopic (exact) mass is 447 g/mol. The summed E-state index contributed by atoms with van der Waals surface area (Å²) in [7, 11) is 0. The molecular formula is C25H18ClNO5. The molecule has 0 aliphatic rings. The van der Waals surface area contributed by atoms with E-state index in [1.54, 1.807) is 60.7 Å². The van der Waals surface area contributed by atoms with Gasteiger partial charge in [-0.3, -0.25) is 14.4 Å². The number of carbonyl (C=O) groups is 2. The number of benzene rings is 3. The Morgan fingerprint density at radius 3 is 2.53 bits per heavy atom. The molecule has 4 rings (SSSR count). The zero-order valence-corrected chi connectivity index (χ0v) is 17.8. The molecule has 4 aromatic rings. The zero-order valence-electron chi connectivity index (χ0n) is 17.1. The predicted molar refractivity (Wildman–Crippen MR) is 124 cm³/mol. The number of Topliss-reactive ketones (excluding diaryl/α,β-unsaturated/α-hetero) is 1. The van der Waals surface area contributed by atoms with Crippen molar-refractivity contribution in [3.63, 3.8) is 0 Å². The maximum Gasteiger partial charge on any atom is 0.262 e. The molecule has 3 aromatic carbocycles. The molecule has 0 spiro atoms. The van der Waals surface area contributed by atoms with Gasteiger partial charge in [0.2, 0.25) is 11.2 Å². The van der Waals surface area contributed by atoms with Crippen LogP contribution in [-0.2, 0) is 4.79 Å². The summed E-state index contributed by atoms with van der Waals surface area (Å²) in [5.74, 6) is -0.469. The fraction of sp³-hybridized carbons (Fsp3) is 0.0800. The van der Waals surface area contributed by atoms with Crippen LogP contribution in [0.5, 0.6) is 5.75 Å². The van der Waals surface area contributed by atoms with E-state index in [0.29, 0.717) is 27.4 Å². The van der Waals surface area contributed by atoms with Crippen molar-refractivity contribution < 1.29 is 18.7 Å². The van der Waals surface area contributed by atoms with Gasteiger partial charge in [-0.15, -0.1) is 0 Å². The number of ketones is 1. The Morgan fingerprint density at radius 2 is 1.78 bits per heavy atom. The second-order valence-electron chi connectivity index (χ2n) is 7.07. The number of anilines is 1. The number of nitrogens with one attached hydrogen (secondary N) is 1. The van der Waals surface area contributed by atoms with E-state index in [2.05, 4.69) is 5.32 Å². The van der Waals surface area contributed by atoms with Gasteiger partial charge in [-0.1, -0.05) is 54.1 Å². The van der Waals surface area contributed by atoms with Crippen LogP contribution in [0.3, 0.4) is 0 Å². The summed E-state index contributed by atoms with van der Waals surface area (Å²) in [6.45, 7) is 1.02. The van der Waals surface area contributed by atoms with E-state index in [0.717, 1.165) is 0 Å². The minimum absolute atomic E-state index is 0.0846. The molecule has 1 aromatic heterocycles. The first-order valence-corrected chi connectivity index (χ1v) is 10.2. The van der Waals surface area contributed by atoms with Crippen molar-refractivity contribution in [1.82, 2.24) is 0 Å². The van der Waals surface area contributed by atoms with Crippen LogP contribution in [0.4, 0.5) is 5.69 Å². The third-order valence-corrected chi connectivity index (χ3v) is 4.98. The van der Waals surface area contributed by atoms with Crippen molar-refractivity contribution in [3.8, 4) is 17.1 Å². The van der Waals surface area contributed by atoms with Crippen molar-refractivity contribution >= 4 is 39.9 Å². The van der Waals surface area contributed by atoms with Gasteiger partial charge in [-0.25, -0.2) is 0 Å². The highest BCUT2D eigenvalue weighted by molar-refractivity contribution is 6.31. The van der Waals surface area contributed by atoms with Crippen LogP contribution in [0.2, 0.25) is 5.02 Å². The molecule has 0 aliphatic heterocycles. The van der Waals surface area contributed by atoms with Crippen molar-refractivity contribution in [2.45, 2.75) is 6.92 Å². The van der Waals surface area contributed by atoms with Gasteiger partial charge < -0.3 is 14.5 Å². The number of fused-ring (bicyclic) bond motifs is 1. The van der Waals surface area contributed by atoms with E-state index >= 15 is 0 Å². The summed E-state index contributed by atoms with van der Waals surface area (Å²) in [5.41, 5.74) is 1.48. The van der Waals surface area contributed by atoms with Crippen LogP contribution in [0.25, 0.3) is 22.3 Å². The first-order valence-electron chi connectivity index (χ1n) is 9.78. The molecule has 1 N–H and O–H groups in total. The molecule has 0 aliphatic carbocycles. The molecule has 0 atom stereocenters. The highest BCUT2D eigenvalue weighted by atomic mass is 35.5. The van der Waals surface area contributed by atoms with Crippen molar-refractivity contribution in [1.29, 1.82) is 0 Å². The third kappa shape index (κ3) is 4.55. The van der Waals surface area contributed by atoms with E-state index < -0.39 is 17.9 Å². The van der Waals surface area contributed by atoms with Crippen molar-refractivity contribution in [2.75, 3.05) is 11.9 Å². The molecule has 0 unspecified atom stereocenters. The lowest BCUT2D eigenvalue weighted by atomic mass is 10.1. The number of hydrogen-bond acceptors (Lipinski definition) is 5. The van der Waals surface area contributed by atoms with Gasteiger partial charge in [0.25, 0.3) is 5.91 Å². The average Bonchev–Trinajstić information content (AvgIpc) is 2.79. The van der Waals surface area contributed by atoms with Crippen LogP contribution in [0, 0.1) is 0 Å². The summed E-state index contributed by atoms with van der Waals surface area (Å²) >= 11 is 6.04. The number of carbonyl (C=O) groups excluding carboxylic acids is 2. The molecular weight excluding hydrogens is 430 g/mol. The first kappa shape index (κ1) is 21.3. The molecule has 0 saturated carbocycles. The number of hydrogen-bond donors (Lipinski definition) is 1. The largest absolute Gasteiger partial charge is 0.476 e. The Kier molecular flexibility index (Phi) is 6.05. The molecule has 1 amide bonds. The topological polar surface area (TPSA) is 85.6 Å². The second kappa shape index (κ2) is 9.08. The summed E-state index contributed by atoms with van der Waals surface area (Å²) in [4.78, 5) is 37.2. The van der Waals surface area contributed by atoms with E-state index in [4.69, 9.17) is 20.8 Å². The lowest BCUT2D eigenvalue weighted by Gasteiger charge is -2.12. The molecule has 32 heavy (non-hydrogen) atoms. The minimum Gasteiger partial charge on any atom is -0.476 e. The number of halogens is 1. The summed E-state index contributed by atoms with van der Waals surface area (Å²) in [5, 5.41) is 3.29. The van der Waals surface area contributed by atoms with Gasteiger partial charge in [-0.2, -0.15) is 0 Å². The maximum absolute atomic E-state index is 13.2. The van der Waals surface area contributed by atoms with Gasteiger partial charge in [-0.05, 0) is 37.3 Å². The van der Waals surface area contributed by atoms with Gasteiger partial charge in [0.1, 0.15) is 5.58 Å². The second-order valence-corrected chi connectivity index (χ2v) is 7.51. The standard InChI is InChI=1S/C25H18ClNO5/c1-15(28)17-8-5-9-19(12-17)27-22(29)14-31-25-23(30)20-13-18(26)10-11-21(20)32-24(25)16-6-3-2-4-7-16/h2-13H,14H2,1H3,(H,27,29). The zero-order chi connectivity index (χ0) is 22.7. The van der Waals surface area contributed by atoms with Crippen LogP contribution in [0.15, 0.2) is 82.0 Å². The van der Waals surface area contributed by atoms with Gasteiger partial charge in [0.05, 0.1) is 5.39 Å². The number of ether oxygens (including phenoxy) is 1. The van der Waals surface area contributed by atoms with E-state index in [9.17, 15) is 14.4 Å². The maximum atomic E-state index is 13.2. The number of rotatable bonds is 6. The predicted octanol–water partition coefficient (Wildman–Crippen LogP) is 5.33. The Morgan fingerprint density at radius 1 is 1.00 bits per heavy atom. The van der Waals surface area contributed by atoms with Crippen molar-refractivity contribution in [3.05, 3.63) is 93.6 Å². The van der Waals surface area contributed by atoms with Gasteiger partial charge in [0.15, 0.2) is 18.2 Å². The van der Waals surface area contributed by atoms with Crippen molar-refractivity contribution in [2.24, 2.45) is 0 Å². The molecule has 1 heterocycles. The van der Waals surface area contributed by atoms with Crippen LogP contribution >= 0.6 is 11.6 Å². The molecule has 7 heteroatoms. The average molecular weight is 448 g/mol. The Bertz CT molecular complexity index is 1380. The summed E-state index contributed by atoms with van der Waals surface area (Å²) in [6, 6.07) is 20.3. The van der Waals surface area contributed by atoms with E-state index in [-0.39, 0.29) is 22.7 Å². The first-order chi connectivity index (χ1) is 15.4. The highest BCUT2D eigenvalue weighted by Gasteiger charge is 2.19. The Hall–Kier alpha value is -3.90. The molecule has 0 radical (unpaired) electrons. The molecule has 0 saturated heterocycles. The Balaban J connectivity index is 1.65. The quantitative estimate of drug-likeness (QED) is 0.403. The fourth-order valence-corrected chi connectivity index (χ4v) is 3.38. The summed E-state index contributed by atoms with van der Waals surface area (Å²) in [6.07, 6.45) is 0.